The van der Waals surface area contributed by atoms with Crippen molar-refractivity contribution in [3.05, 3.63) is 23.3 Å². The number of carbonyl (C=O) groups is 1. The van der Waals surface area contributed by atoms with E-state index >= 15 is 0 Å². The Hall–Kier alpha value is -1.69. The predicted molar refractivity (Wildman–Crippen MR) is 61.0 cm³/mol. The largest absolute Gasteiger partial charge is 0.330 e. The number of rotatable bonds is 1. The predicted octanol–water partition coefficient (Wildman–Crippen LogP) is -0.460. The summed E-state index contributed by atoms with van der Waals surface area (Å²) in [5, 5.41) is 11.0. The van der Waals surface area contributed by atoms with Gasteiger partial charge in [-0.2, -0.15) is 0 Å². The Kier molecular flexibility index (Phi) is 2.44. The average molecular weight is 233 g/mol. The third-order valence-corrected chi connectivity index (χ3v) is 3.45. The fourth-order valence-corrected chi connectivity index (χ4v) is 2.14. The lowest BCUT2D eigenvalue weighted by molar-refractivity contribution is -0.128. The molecule has 3 heterocycles. The van der Waals surface area contributed by atoms with E-state index in [2.05, 4.69) is 15.5 Å². The van der Waals surface area contributed by atoms with E-state index in [-0.39, 0.29) is 5.91 Å². The van der Waals surface area contributed by atoms with Gasteiger partial charge >= 0.3 is 0 Å². The lowest BCUT2D eigenvalue weighted by Gasteiger charge is -2.29. The Balaban J connectivity index is 1.76. The van der Waals surface area contributed by atoms with E-state index in [1.165, 1.54) is 5.57 Å². The molecule has 0 spiro atoms. The van der Waals surface area contributed by atoms with Gasteiger partial charge in [0.1, 0.15) is 6.33 Å². The molecular formula is C11H15N5O. The van der Waals surface area contributed by atoms with Gasteiger partial charge in [-0.25, -0.2) is 0 Å². The van der Waals surface area contributed by atoms with Crippen LogP contribution >= 0.6 is 0 Å². The average Bonchev–Trinajstić information content (AvgIpc) is 2.72. The molecule has 17 heavy (non-hydrogen) atoms. The molecule has 1 saturated heterocycles. The van der Waals surface area contributed by atoms with Crippen LogP contribution in [0, 0.1) is 0 Å². The normalized spacial score (nSPS) is 18.6. The van der Waals surface area contributed by atoms with Crippen LogP contribution in [0.25, 0.3) is 0 Å². The van der Waals surface area contributed by atoms with Crippen LogP contribution in [-0.4, -0.2) is 45.2 Å². The summed E-state index contributed by atoms with van der Waals surface area (Å²) in [5.41, 5.74) is 2.11. The molecule has 0 unspecified atom stereocenters. The van der Waals surface area contributed by atoms with Crippen molar-refractivity contribution in [1.82, 2.24) is 25.0 Å². The molecule has 1 amide bonds. The highest BCUT2D eigenvalue weighted by Crippen LogP contribution is 2.16. The van der Waals surface area contributed by atoms with Gasteiger partial charge in [-0.15, -0.1) is 10.2 Å². The molecule has 1 fully saturated rings. The summed E-state index contributed by atoms with van der Waals surface area (Å²) in [6, 6.07) is 0. The lowest BCUT2D eigenvalue weighted by Crippen LogP contribution is -2.42. The zero-order valence-electron chi connectivity index (χ0n) is 9.81. The first-order valence-electron chi connectivity index (χ1n) is 5.81. The lowest BCUT2D eigenvalue weighted by atomic mass is 10.0. The minimum absolute atomic E-state index is 0.135. The second-order valence-corrected chi connectivity index (χ2v) is 4.50. The number of nitrogens with zero attached hydrogens (tertiary/aromatic N) is 4. The van der Waals surface area contributed by atoms with Gasteiger partial charge in [0.2, 0.25) is 5.91 Å². The first-order chi connectivity index (χ1) is 8.25. The van der Waals surface area contributed by atoms with Crippen LogP contribution in [0.2, 0.25) is 0 Å². The maximum absolute atomic E-state index is 12.2. The van der Waals surface area contributed by atoms with E-state index < -0.39 is 0 Å². The van der Waals surface area contributed by atoms with Crippen molar-refractivity contribution >= 4 is 5.91 Å². The molecule has 0 bridgehead atoms. The highest BCUT2D eigenvalue weighted by molar-refractivity contribution is 5.94. The first kappa shape index (κ1) is 10.5. The summed E-state index contributed by atoms with van der Waals surface area (Å²) >= 11 is 0. The Morgan fingerprint density at radius 1 is 1.41 bits per heavy atom. The summed E-state index contributed by atoms with van der Waals surface area (Å²) in [7, 11) is 0. The fraction of sp³-hybridized carbons (Fsp3) is 0.545. The molecule has 2 aliphatic rings. The van der Waals surface area contributed by atoms with Crippen LogP contribution in [0.4, 0.5) is 0 Å². The van der Waals surface area contributed by atoms with Gasteiger partial charge in [0.25, 0.3) is 0 Å². The molecule has 6 heteroatoms. The van der Waals surface area contributed by atoms with Crippen molar-refractivity contribution < 1.29 is 4.79 Å². The molecule has 1 N–H and O–H groups in total. The van der Waals surface area contributed by atoms with E-state index in [9.17, 15) is 4.79 Å². The number of aromatic nitrogens is 3. The van der Waals surface area contributed by atoms with Crippen LogP contribution in [0.1, 0.15) is 12.7 Å². The number of hydrogen-bond acceptors (Lipinski definition) is 4. The van der Waals surface area contributed by atoms with Gasteiger partial charge in [-0.05, 0) is 12.5 Å². The molecule has 1 aromatic heterocycles. The van der Waals surface area contributed by atoms with Gasteiger partial charge < -0.3 is 14.8 Å². The zero-order chi connectivity index (χ0) is 11.8. The molecular weight excluding hydrogens is 218 g/mol. The Labute approximate surface area is 99.3 Å². The number of fused-ring (bicyclic) bond motifs is 1. The summed E-state index contributed by atoms with van der Waals surface area (Å²) in [4.78, 5) is 14.1. The van der Waals surface area contributed by atoms with Crippen molar-refractivity contribution in [2.45, 2.75) is 20.0 Å². The molecule has 1 aromatic rings. The van der Waals surface area contributed by atoms with Gasteiger partial charge in [0, 0.05) is 31.8 Å². The number of hydrogen-bond donors (Lipinski definition) is 1. The van der Waals surface area contributed by atoms with Gasteiger partial charge in [0.15, 0.2) is 5.82 Å². The fourth-order valence-electron chi connectivity index (χ4n) is 2.14. The van der Waals surface area contributed by atoms with Crippen molar-refractivity contribution in [2.24, 2.45) is 0 Å². The molecule has 3 rings (SSSR count). The third-order valence-electron chi connectivity index (χ3n) is 3.45. The molecule has 0 saturated carbocycles. The van der Waals surface area contributed by atoms with Crippen LogP contribution in [-0.2, 0) is 17.9 Å². The van der Waals surface area contributed by atoms with E-state index in [4.69, 9.17) is 0 Å². The monoisotopic (exact) mass is 233 g/mol. The molecule has 0 radical (unpaired) electrons. The molecule has 0 aromatic carbocycles. The second kappa shape index (κ2) is 3.96. The van der Waals surface area contributed by atoms with E-state index in [0.29, 0.717) is 6.54 Å². The molecule has 6 nitrogen and oxygen atoms in total. The molecule has 90 valence electrons. The summed E-state index contributed by atoms with van der Waals surface area (Å²) < 4.78 is 2.00. The van der Waals surface area contributed by atoms with Crippen molar-refractivity contribution in [2.75, 3.05) is 19.6 Å². The topological polar surface area (TPSA) is 63.1 Å². The molecule has 0 aliphatic carbocycles. The van der Waals surface area contributed by atoms with Crippen LogP contribution < -0.4 is 5.32 Å². The highest BCUT2D eigenvalue weighted by Gasteiger charge is 2.25. The first-order valence-corrected chi connectivity index (χ1v) is 5.81. The Morgan fingerprint density at radius 2 is 2.24 bits per heavy atom. The number of amides is 1. The summed E-state index contributed by atoms with van der Waals surface area (Å²) in [5.74, 6) is 1.00. The van der Waals surface area contributed by atoms with E-state index in [0.717, 1.165) is 37.6 Å². The summed E-state index contributed by atoms with van der Waals surface area (Å²) in [6.45, 7) is 5.70. The standard InChI is InChI=1S/C11H15N5O/c1-8(9-4-12-5-9)11(17)15-2-3-16-7-13-14-10(16)6-15/h7,12H,2-6H2,1H3. The van der Waals surface area contributed by atoms with E-state index in [1.807, 2.05) is 16.4 Å². The smallest absolute Gasteiger partial charge is 0.250 e. The van der Waals surface area contributed by atoms with Crippen LogP contribution in [0.5, 0.6) is 0 Å². The maximum Gasteiger partial charge on any atom is 0.250 e. The minimum Gasteiger partial charge on any atom is -0.330 e. The Bertz CT molecular complexity index is 484. The quantitative estimate of drug-likeness (QED) is 0.667. The maximum atomic E-state index is 12.2. The highest BCUT2D eigenvalue weighted by atomic mass is 16.2. The SMILES string of the molecule is CC(C(=O)N1CCn2cnnc2C1)=C1CNC1. The number of nitrogens with one attached hydrogen (secondary N) is 1. The van der Waals surface area contributed by atoms with E-state index in [1.54, 1.807) is 6.33 Å². The molecule has 0 atom stereocenters. The Morgan fingerprint density at radius 3 is 2.94 bits per heavy atom. The van der Waals surface area contributed by atoms with Gasteiger partial charge in [-0.3, -0.25) is 4.79 Å². The molecule has 2 aliphatic heterocycles. The summed E-state index contributed by atoms with van der Waals surface area (Å²) in [6.07, 6.45) is 1.72. The van der Waals surface area contributed by atoms with Crippen LogP contribution in [0.3, 0.4) is 0 Å². The van der Waals surface area contributed by atoms with Crippen LogP contribution in [0.15, 0.2) is 17.5 Å². The van der Waals surface area contributed by atoms with Gasteiger partial charge in [-0.1, -0.05) is 0 Å². The van der Waals surface area contributed by atoms with Crippen molar-refractivity contribution in [3.63, 3.8) is 0 Å². The second-order valence-electron chi connectivity index (χ2n) is 4.50. The van der Waals surface area contributed by atoms with Crippen molar-refractivity contribution in [1.29, 1.82) is 0 Å². The van der Waals surface area contributed by atoms with Gasteiger partial charge in [0.05, 0.1) is 6.54 Å². The number of carbonyl (C=O) groups excluding carboxylic acids is 1. The minimum atomic E-state index is 0.135. The van der Waals surface area contributed by atoms with Crippen molar-refractivity contribution in [3.8, 4) is 0 Å². The zero-order valence-corrected chi connectivity index (χ0v) is 9.81. The third kappa shape index (κ3) is 1.74.